The lowest BCUT2D eigenvalue weighted by Gasteiger charge is -2.26. The van der Waals surface area contributed by atoms with Gasteiger partial charge in [-0.2, -0.15) is 0 Å². The summed E-state index contributed by atoms with van der Waals surface area (Å²) in [7, 11) is 0. The molecule has 1 fully saturated rings. The highest BCUT2D eigenvalue weighted by Crippen LogP contribution is 2.14. The van der Waals surface area contributed by atoms with Crippen LogP contribution in [0.4, 0.5) is 0 Å². The van der Waals surface area contributed by atoms with Crippen LogP contribution in [0.3, 0.4) is 0 Å². The average molecular weight is 406 g/mol. The van der Waals surface area contributed by atoms with Gasteiger partial charge in [0.05, 0.1) is 13.2 Å². The molecule has 4 rings (SSSR count). The van der Waals surface area contributed by atoms with E-state index in [0.717, 1.165) is 44.0 Å². The second kappa shape index (κ2) is 10.1. The van der Waals surface area contributed by atoms with Crippen molar-refractivity contribution in [1.82, 2.24) is 30.4 Å². The lowest BCUT2D eigenvalue weighted by Crippen LogP contribution is -2.35. The van der Waals surface area contributed by atoms with E-state index in [0.29, 0.717) is 13.0 Å². The molecule has 0 aliphatic carbocycles. The van der Waals surface area contributed by atoms with Crippen LogP contribution in [0, 0.1) is 0 Å². The molecular formula is C22H26N6O2. The molecule has 1 saturated heterocycles. The summed E-state index contributed by atoms with van der Waals surface area (Å²) < 4.78 is 6.93. The molecule has 1 aromatic heterocycles. The topological polar surface area (TPSA) is 85.2 Å². The van der Waals surface area contributed by atoms with E-state index in [2.05, 4.69) is 37.9 Å². The Morgan fingerprint density at radius 3 is 2.57 bits per heavy atom. The monoisotopic (exact) mass is 406 g/mol. The Labute approximate surface area is 175 Å². The van der Waals surface area contributed by atoms with Gasteiger partial charge in [-0.05, 0) is 27.1 Å². The Hall–Kier alpha value is -3.10. The van der Waals surface area contributed by atoms with Crippen molar-refractivity contribution < 1.29 is 9.53 Å². The van der Waals surface area contributed by atoms with Gasteiger partial charge in [-0.15, -0.1) is 5.10 Å². The maximum Gasteiger partial charge on any atom is 0.245 e. The first-order chi connectivity index (χ1) is 14.8. The normalized spacial score (nSPS) is 15.6. The zero-order valence-electron chi connectivity index (χ0n) is 16.9. The number of tetrazole rings is 1. The molecule has 30 heavy (non-hydrogen) atoms. The smallest absolute Gasteiger partial charge is 0.245 e. The number of nitrogens with one attached hydrogen (secondary N) is 1. The molecule has 1 aliphatic rings. The van der Waals surface area contributed by atoms with Crippen LogP contribution in [-0.2, 0) is 29.0 Å². The van der Waals surface area contributed by atoms with Gasteiger partial charge in [0.1, 0.15) is 12.4 Å². The molecular weight excluding hydrogens is 380 g/mol. The molecule has 8 heteroatoms. The highest BCUT2D eigenvalue weighted by atomic mass is 16.5. The van der Waals surface area contributed by atoms with E-state index in [9.17, 15) is 4.79 Å². The van der Waals surface area contributed by atoms with Gasteiger partial charge in [-0.3, -0.25) is 9.69 Å². The summed E-state index contributed by atoms with van der Waals surface area (Å²) in [6, 6.07) is 17.7. The van der Waals surface area contributed by atoms with Crippen molar-refractivity contribution >= 4 is 5.91 Å². The fraction of sp³-hybridized carbons (Fsp3) is 0.364. The Kier molecular flexibility index (Phi) is 6.79. The molecule has 2 aromatic carbocycles. The maximum absolute atomic E-state index is 13.0. The quantitative estimate of drug-likeness (QED) is 0.612. The number of aromatic nitrogens is 4. The first-order valence-electron chi connectivity index (χ1n) is 10.2. The third-order valence-corrected chi connectivity index (χ3v) is 5.23. The maximum atomic E-state index is 13.0. The van der Waals surface area contributed by atoms with Crippen LogP contribution >= 0.6 is 0 Å². The number of morpholine rings is 1. The van der Waals surface area contributed by atoms with Gasteiger partial charge >= 0.3 is 0 Å². The lowest BCUT2D eigenvalue weighted by molar-refractivity contribution is -0.124. The zero-order chi connectivity index (χ0) is 20.6. The van der Waals surface area contributed by atoms with Gasteiger partial charge in [0.25, 0.3) is 0 Å². The van der Waals surface area contributed by atoms with Crippen molar-refractivity contribution in [1.29, 1.82) is 0 Å². The van der Waals surface area contributed by atoms with E-state index >= 15 is 0 Å². The van der Waals surface area contributed by atoms with E-state index in [1.165, 1.54) is 16.6 Å². The number of ether oxygens (including phenoxy) is 1. The minimum absolute atomic E-state index is 0.107. The van der Waals surface area contributed by atoms with Crippen LogP contribution in [-0.4, -0.2) is 57.3 Å². The molecule has 1 unspecified atom stereocenters. The summed E-state index contributed by atoms with van der Waals surface area (Å²) in [5.41, 5.74) is 3.37. The van der Waals surface area contributed by atoms with E-state index in [1.54, 1.807) is 0 Å². The second-order valence-corrected chi connectivity index (χ2v) is 7.42. The predicted octanol–water partition coefficient (Wildman–Crippen LogP) is 1.61. The van der Waals surface area contributed by atoms with E-state index < -0.39 is 6.04 Å². The van der Waals surface area contributed by atoms with Gasteiger partial charge in [-0.1, -0.05) is 54.6 Å². The summed E-state index contributed by atoms with van der Waals surface area (Å²) in [4.78, 5) is 15.4. The van der Waals surface area contributed by atoms with Crippen LogP contribution in [0.15, 0.2) is 60.9 Å². The number of hydrogen-bond acceptors (Lipinski definition) is 6. The van der Waals surface area contributed by atoms with Crippen LogP contribution in [0.5, 0.6) is 0 Å². The summed E-state index contributed by atoms with van der Waals surface area (Å²) in [6.07, 6.45) is 2.00. The summed E-state index contributed by atoms with van der Waals surface area (Å²) in [6.45, 7) is 4.84. The summed E-state index contributed by atoms with van der Waals surface area (Å²) in [5.74, 6) is -0.107. The number of hydrogen-bond donors (Lipinski definition) is 1. The van der Waals surface area contributed by atoms with Crippen molar-refractivity contribution in [3.8, 4) is 0 Å². The largest absolute Gasteiger partial charge is 0.379 e. The number of carbonyl (C=O) groups is 1. The van der Waals surface area contributed by atoms with Gasteiger partial charge in [0.2, 0.25) is 5.91 Å². The van der Waals surface area contributed by atoms with Crippen molar-refractivity contribution in [3.63, 3.8) is 0 Å². The molecule has 8 nitrogen and oxygen atoms in total. The first-order valence-corrected chi connectivity index (χ1v) is 10.2. The zero-order valence-corrected chi connectivity index (χ0v) is 16.9. The molecule has 3 aromatic rings. The molecule has 0 bridgehead atoms. The molecule has 1 aliphatic heterocycles. The number of nitrogens with zero attached hydrogens (tertiary/aromatic N) is 5. The van der Waals surface area contributed by atoms with Gasteiger partial charge < -0.3 is 10.1 Å². The van der Waals surface area contributed by atoms with Crippen LogP contribution < -0.4 is 5.32 Å². The highest BCUT2D eigenvalue weighted by Gasteiger charge is 2.22. The molecule has 156 valence electrons. The van der Waals surface area contributed by atoms with Crippen molar-refractivity contribution in [2.75, 3.05) is 26.3 Å². The fourth-order valence-electron chi connectivity index (χ4n) is 3.62. The molecule has 1 N–H and O–H groups in total. The summed E-state index contributed by atoms with van der Waals surface area (Å²) >= 11 is 0. The first kappa shape index (κ1) is 20.2. The number of amides is 1. The Bertz CT molecular complexity index is 926. The van der Waals surface area contributed by atoms with Crippen molar-refractivity contribution in [2.24, 2.45) is 0 Å². The molecule has 0 saturated carbocycles. The molecule has 1 amide bonds. The van der Waals surface area contributed by atoms with E-state index in [-0.39, 0.29) is 5.91 Å². The standard InChI is InChI=1S/C22H26N6O2/c29-22(21(28-17-24-25-26-28)14-18-5-2-1-3-6-18)23-15-19-7-4-8-20(13-19)16-27-9-11-30-12-10-27/h1-8,13,17,21H,9-12,14-16H2,(H,23,29). The lowest BCUT2D eigenvalue weighted by atomic mass is 10.1. The highest BCUT2D eigenvalue weighted by molar-refractivity contribution is 5.80. The second-order valence-electron chi connectivity index (χ2n) is 7.42. The Balaban J connectivity index is 1.39. The molecule has 0 spiro atoms. The third kappa shape index (κ3) is 5.49. The fourth-order valence-corrected chi connectivity index (χ4v) is 3.62. The minimum atomic E-state index is -0.501. The molecule has 1 atom stereocenters. The average Bonchev–Trinajstić information content (AvgIpc) is 3.32. The molecule has 0 radical (unpaired) electrons. The predicted molar refractivity (Wildman–Crippen MR) is 111 cm³/mol. The van der Waals surface area contributed by atoms with Crippen molar-refractivity contribution in [3.05, 3.63) is 77.6 Å². The van der Waals surface area contributed by atoms with E-state index in [1.807, 2.05) is 42.5 Å². The third-order valence-electron chi connectivity index (χ3n) is 5.23. The SMILES string of the molecule is O=C(NCc1cccc(CN2CCOCC2)c1)C(Cc1ccccc1)n1cnnn1. The van der Waals surface area contributed by atoms with Crippen molar-refractivity contribution in [2.45, 2.75) is 25.6 Å². The van der Waals surface area contributed by atoms with E-state index in [4.69, 9.17) is 4.74 Å². The Morgan fingerprint density at radius 2 is 1.80 bits per heavy atom. The Morgan fingerprint density at radius 1 is 1.03 bits per heavy atom. The number of rotatable bonds is 8. The van der Waals surface area contributed by atoms with Gasteiger partial charge in [0, 0.05) is 32.6 Å². The van der Waals surface area contributed by atoms with Gasteiger partial charge in [0.15, 0.2) is 0 Å². The minimum Gasteiger partial charge on any atom is -0.379 e. The number of carbonyl (C=O) groups excluding carboxylic acids is 1. The van der Waals surface area contributed by atoms with Crippen LogP contribution in [0.1, 0.15) is 22.7 Å². The number of benzene rings is 2. The summed E-state index contributed by atoms with van der Waals surface area (Å²) in [5, 5.41) is 14.4. The van der Waals surface area contributed by atoms with Gasteiger partial charge in [-0.25, -0.2) is 4.68 Å². The van der Waals surface area contributed by atoms with Crippen LogP contribution in [0.2, 0.25) is 0 Å². The van der Waals surface area contributed by atoms with Crippen LogP contribution in [0.25, 0.3) is 0 Å². The molecule has 2 heterocycles.